The number of nitrogens with zero attached hydrogens (tertiary/aromatic N) is 6. The number of imidazole rings is 1. The zero-order valence-corrected chi connectivity index (χ0v) is 18.2. The maximum Gasteiger partial charge on any atom is 0.274 e. The van der Waals surface area contributed by atoms with E-state index >= 15 is 0 Å². The summed E-state index contributed by atoms with van der Waals surface area (Å²) in [6.07, 6.45) is 12.0. The van der Waals surface area contributed by atoms with Crippen LogP contribution in [0.5, 0.6) is 0 Å². The molecule has 0 atom stereocenters. The van der Waals surface area contributed by atoms with E-state index in [2.05, 4.69) is 26.3 Å². The van der Waals surface area contributed by atoms with E-state index in [4.69, 9.17) is 0 Å². The summed E-state index contributed by atoms with van der Waals surface area (Å²) in [6.45, 7) is 0.348. The van der Waals surface area contributed by atoms with Crippen molar-refractivity contribution in [2.45, 2.75) is 24.9 Å². The molecule has 0 aromatic carbocycles. The number of aromatic nitrogens is 5. The van der Waals surface area contributed by atoms with Crippen LogP contribution in [0.15, 0.2) is 54.6 Å². The van der Waals surface area contributed by atoms with Crippen molar-refractivity contribution in [1.29, 1.82) is 5.26 Å². The molecule has 5 rings (SSSR count). The molecule has 0 aliphatic heterocycles. The molecule has 0 unspecified atom stereocenters. The summed E-state index contributed by atoms with van der Waals surface area (Å²) in [6, 6.07) is 8.85. The molecule has 4 heterocycles. The average molecular weight is 460 g/mol. The maximum atomic E-state index is 13.4. The van der Waals surface area contributed by atoms with Gasteiger partial charge >= 0.3 is 0 Å². The van der Waals surface area contributed by atoms with E-state index < -0.39 is 11.5 Å². The Hall–Kier alpha value is -4.10. The van der Waals surface area contributed by atoms with Crippen molar-refractivity contribution in [3.05, 3.63) is 83.2 Å². The minimum Gasteiger partial charge on any atom is -0.339 e. The van der Waals surface area contributed by atoms with Gasteiger partial charge in [-0.05, 0) is 54.8 Å². The van der Waals surface area contributed by atoms with Gasteiger partial charge in [-0.2, -0.15) is 9.65 Å². The van der Waals surface area contributed by atoms with Gasteiger partial charge in [-0.1, -0.05) is 0 Å². The van der Waals surface area contributed by atoms with Crippen LogP contribution < -0.4 is 5.32 Å². The lowest BCUT2D eigenvalue weighted by molar-refractivity contribution is 0.101. The smallest absolute Gasteiger partial charge is 0.274 e. The zero-order chi connectivity index (χ0) is 22.8. The van der Waals surface area contributed by atoms with Crippen LogP contribution in [-0.4, -0.2) is 30.0 Å². The third-order valence-corrected chi connectivity index (χ3v) is 6.18. The van der Waals surface area contributed by atoms with Crippen LogP contribution in [-0.2, 0) is 12.1 Å². The molecule has 8 nitrogen and oxygen atoms in total. The van der Waals surface area contributed by atoms with Crippen molar-refractivity contribution in [3.8, 4) is 6.07 Å². The highest BCUT2D eigenvalue weighted by molar-refractivity contribution is 7.14. The first-order chi connectivity index (χ1) is 16.0. The number of amides is 1. The number of carbonyl (C=O) groups is 1. The summed E-state index contributed by atoms with van der Waals surface area (Å²) >= 11 is 1.32. The molecule has 1 saturated carbocycles. The molecule has 1 amide bonds. The molecule has 0 radical (unpaired) electrons. The predicted octanol–water partition coefficient (Wildman–Crippen LogP) is 4.16. The molecule has 1 fully saturated rings. The Kier molecular flexibility index (Phi) is 5.32. The molecular formula is C23H18FN7OS. The lowest BCUT2D eigenvalue weighted by Crippen LogP contribution is -2.17. The van der Waals surface area contributed by atoms with E-state index in [1.807, 2.05) is 28.3 Å². The van der Waals surface area contributed by atoms with E-state index in [0.717, 1.165) is 18.5 Å². The van der Waals surface area contributed by atoms with Gasteiger partial charge in [0.2, 0.25) is 5.95 Å². The number of nitriles is 1. The third kappa shape index (κ3) is 4.44. The number of rotatable bonds is 7. The molecule has 0 spiro atoms. The average Bonchev–Trinajstić information content (AvgIpc) is 3.15. The van der Waals surface area contributed by atoms with Crippen LogP contribution >= 0.6 is 11.3 Å². The SMILES string of the molecule is N#CC1(n2cnc(/C=C/c3csc(NC(=O)c4cccn4Cc4ccnc(F)c4)n3)c2)CC1. The van der Waals surface area contributed by atoms with Crippen molar-refractivity contribution < 1.29 is 9.18 Å². The van der Waals surface area contributed by atoms with Crippen LogP contribution in [0.3, 0.4) is 0 Å². The van der Waals surface area contributed by atoms with Gasteiger partial charge in [0.1, 0.15) is 11.2 Å². The summed E-state index contributed by atoms with van der Waals surface area (Å²) in [4.78, 5) is 25.1. The van der Waals surface area contributed by atoms with Gasteiger partial charge in [0.15, 0.2) is 5.13 Å². The number of nitrogens with one attached hydrogen (secondary N) is 1. The van der Waals surface area contributed by atoms with Crippen LogP contribution in [0.4, 0.5) is 9.52 Å². The second-order valence-electron chi connectivity index (χ2n) is 7.72. The van der Waals surface area contributed by atoms with Crippen LogP contribution in [0.25, 0.3) is 12.2 Å². The van der Waals surface area contributed by atoms with Crippen molar-refractivity contribution in [1.82, 2.24) is 24.1 Å². The molecule has 4 aromatic heterocycles. The fourth-order valence-electron chi connectivity index (χ4n) is 3.45. The van der Waals surface area contributed by atoms with Crippen LogP contribution in [0.1, 0.15) is 40.3 Å². The van der Waals surface area contributed by atoms with Crippen molar-refractivity contribution in [2.24, 2.45) is 0 Å². The van der Waals surface area contributed by atoms with Gasteiger partial charge in [-0.3, -0.25) is 10.1 Å². The molecule has 164 valence electrons. The third-order valence-electron chi connectivity index (χ3n) is 5.40. The maximum absolute atomic E-state index is 13.4. The highest BCUT2D eigenvalue weighted by Crippen LogP contribution is 2.42. The summed E-state index contributed by atoms with van der Waals surface area (Å²) in [5.41, 5.74) is 2.14. The van der Waals surface area contributed by atoms with Gasteiger partial charge in [0, 0.05) is 30.5 Å². The van der Waals surface area contributed by atoms with E-state index in [0.29, 0.717) is 28.6 Å². The summed E-state index contributed by atoms with van der Waals surface area (Å²) in [5, 5.41) is 14.4. The predicted molar refractivity (Wildman–Crippen MR) is 122 cm³/mol. The number of carbonyl (C=O) groups excluding carboxylic acids is 1. The van der Waals surface area contributed by atoms with Gasteiger partial charge in [0.05, 0.1) is 23.8 Å². The first-order valence-electron chi connectivity index (χ1n) is 10.2. The number of hydrogen-bond donors (Lipinski definition) is 1. The first-order valence-corrected chi connectivity index (χ1v) is 11.1. The summed E-state index contributed by atoms with van der Waals surface area (Å²) in [5.74, 6) is -0.859. The van der Waals surface area contributed by atoms with E-state index in [9.17, 15) is 14.4 Å². The number of anilines is 1. The molecule has 1 aliphatic rings. The Labute approximate surface area is 192 Å². The monoisotopic (exact) mass is 459 g/mol. The van der Waals surface area contributed by atoms with E-state index in [1.54, 1.807) is 35.3 Å². The van der Waals surface area contributed by atoms with Gasteiger partial charge < -0.3 is 9.13 Å². The molecule has 4 aromatic rings. The van der Waals surface area contributed by atoms with Crippen LogP contribution in [0.2, 0.25) is 0 Å². The quantitative estimate of drug-likeness (QED) is 0.418. The lowest BCUT2D eigenvalue weighted by atomic mass is 10.2. The van der Waals surface area contributed by atoms with Gasteiger partial charge in [0.25, 0.3) is 5.91 Å². The molecule has 10 heteroatoms. The second-order valence-corrected chi connectivity index (χ2v) is 8.58. The Morgan fingerprint density at radius 1 is 1.30 bits per heavy atom. The Morgan fingerprint density at radius 3 is 2.94 bits per heavy atom. The summed E-state index contributed by atoms with van der Waals surface area (Å²) in [7, 11) is 0. The number of pyridine rings is 1. The number of halogens is 1. The fraction of sp³-hybridized carbons (Fsp3) is 0.174. The van der Waals surface area contributed by atoms with E-state index in [1.165, 1.54) is 23.6 Å². The standard InChI is InChI=1S/C23H18FN7OS/c24-20-10-16(5-8-26-20)11-30-9-1-2-19(30)21(32)29-22-28-18(13-33-22)4-3-17-12-31(15-27-17)23(14-25)6-7-23/h1-5,8-10,12-13,15H,6-7,11H2,(H,28,29,32)/b4-3+. The normalized spacial score (nSPS) is 14.3. The van der Waals surface area contributed by atoms with Crippen LogP contribution in [0, 0.1) is 17.3 Å². The molecular weight excluding hydrogens is 441 g/mol. The summed E-state index contributed by atoms with van der Waals surface area (Å²) < 4.78 is 17.0. The van der Waals surface area contributed by atoms with Crippen molar-refractivity contribution in [2.75, 3.05) is 5.32 Å². The van der Waals surface area contributed by atoms with Gasteiger partial charge in [-0.25, -0.2) is 15.0 Å². The first kappa shape index (κ1) is 20.8. The zero-order valence-electron chi connectivity index (χ0n) is 17.3. The van der Waals surface area contributed by atoms with Crippen molar-refractivity contribution in [3.63, 3.8) is 0 Å². The lowest BCUT2D eigenvalue weighted by Gasteiger charge is -2.09. The fourth-order valence-corrected chi connectivity index (χ4v) is 4.13. The van der Waals surface area contributed by atoms with E-state index in [-0.39, 0.29) is 5.91 Å². The Morgan fingerprint density at radius 2 is 2.15 bits per heavy atom. The Balaban J connectivity index is 1.23. The molecule has 1 N–H and O–H groups in total. The topological polar surface area (TPSA) is 101 Å². The highest BCUT2D eigenvalue weighted by atomic mass is 32.1. The largest absolute Gasteiger partial charge is 0.339 e. The van der Waals surface area contributed by atoms with Gasteiger partial charge in [-0.15, -0.1) is 11.3 Å². The number of thiazole rings is 1. The number of hydrogen-bond acceptors (Lipinski definition) is 6. The minimum absolute atomic E-state index is 0.301. The molecule has 0 saturated heterocycles. The molecule has 33 heavy (non-hydrogen) atoms. The minimum atomic E-state index is -0.557. The van der Waals surface area contributed by atoms with Crippen molar-refractivity contribution >= 4 is 34.5 Å². The highest BCUT2D eigenvalue weighted by Gasteiger charge is 2.45. The Bertz CT molecular complexity index is 1390. The second kappa shape index (κ2) is 8.44. The molecule has 0 bridgehead atoms. The molecule has 1 aliphatic carbocycles.